The van der Waals surface area contributed by atoms with E-state index in [-0.39, 0.29) is 0 Å². The van der Waals surface area contributed by atoms with Gasteiger partial charge in [0, 0.05) is 24.7 Å². The molecule has 2 heterocycles. The molecule has 0 radical (unpaired) electrons. The number of aryl methyl sites for hydroxylation is 2. The van der Waals surface area contributed by atoms with Crippen LogP contribution in [0.3, 0.4) is 0 Å². The van der Waals surface area contributed by atoms with Crippen molar-refractivity contribution in [3.63, 3.8) is 0 Å². The van der Waals surface area contributed by atoms with Crippen molar-refractivity contribution in [1.82, 2.24) is 15.3 Å². The zero-order chi connectivity index (χ0) is 9.26. The van der Waals surface area contributed by atoms with E-state index in [0.29, 0.717) is 5.92 Å². The van der Waals surface area contributed by atoms with Crippen LogP contribution in [0, 0.1) is 6.92 Å². The van der Waals surface area contributed by atoms with Crippen molar-refractivity contribution >= 4 is 0 Å². The van der Waals surface area contributed by atoms with Gasteiger partial charge in [-0.3, -0.25) is 0 Å². The van der Waals surface area contributed by atoms with Gasteiger partial charge in [0.1, 0.15) is 5.82 Å². The lowest BCUT2D eigenvalue weighted by atomic mass is 10.0. The number of nitrogens with one attached hydrogen (secondary N) is 2. The van der Waals surface area contributed by atoms with E-state index in [2.05, 4.69) is 29.1 Å². The first-order valence-corrected chi connectivity index (χ1v) is 5.07. The highest BCUT2D eigenvalue weighted by Gasteiger charge is 2.22. The van der Waals surface area contributed by atoms with E-state index < -0.39 is 0 Å². The molecule has 3 heteroatoms. The number of imidazole rings is 1. The Morgan fingerprint density at radius 3 is 2.77 bits per heavy atom. The summed E-state index contributed by atoms with van der Waals surface area (Å²) in [5.74, 6) is 1.81. The second-order valence-corrected chi connectivity index (χ2v) is 3.80. The topological polar surface area (TPSA) is 40.7 Å². The quantitative estimate of drug-likeness (QED) is 0.735. The molecule has 0 atom stereocenters. The van der Waals surface area contributed by atoms with Gasteiger partial charge in [0.2, 0.25) is 0 Å². The summed E-state index contributed by atoms with van der Waals surface area (Å²) >= 11 is 0. The molecule has 1 aliphatic heterocycles. The largest absolute Gasteiger partial charge is 0.346 e. The Labute approximate surface area is 79.0 Å². The molecule has 13 heavy (non-hydrogen) atoms. The molecular weight excluding hydrogens is 162 g/mol. The summed E-state index contributed by atoms with van der Waals surface area (Å²) in [5, 5.41) is 3.26. The fourth-order valence-electron chi connectivity index (χ4n) is 1.68. The zero-order valence-corrected chi connectivity index (χ0v) is 8.35. The zero-order valence-electron chi connectivity index (χ0n) is 8.35. The Morgan fingerprint density at radius 1 is 1.46 bits per heavy atom. The van der Waals surface area contributed by atoms with E-state index in [4.69, 9.17) is 0 Å². The van der Waals surface area contributed by atoms with Crippen LogP contribution in [0.4, 0.5) is 0 Å². The monoisotopic (exact) mass is 179 g/mol. The molecule has 1 saturated heterocycles. The maximum atomic E-state index is 4.63. The van der Waals surface area contributed by atoms with Gasteiger partial charge in [0.15, 0.2) is 0 Å². The highest BCUT2D eigenvalue weighted by molar-refractivity contribution is 5.17. The van der Waals surface area contributed by atoms with Crippen molar-refractivity contribution in [3.05, 3.63) is 17.2 Å². The van der Waals surface area contributed by atoms with Gasteiger partial charge >= 0.3 is 0 Å². The van der Waals surface area contributed by atoms with Crippen molar-refractivity contribution in [2.75, 3.05) is 13.1 Å². The molecule has 0 bridgehead atoms. The minimum absolute atomic E-state index is 0.629. The lowest BCUT2D eigenvalue weighted by Crippen LogP contribution is -2.40. The van der Waals surface area contributed by atoms with Gasteiger partial charge in [-0.1, -0.05) is 13.3 Å². The molecule has 1 aromatic heterocycles. The number of rotatable bonds is 3. The van der Waals surface area contributed by atoms with Crippen LogP contribution in [-0.2, 0) is 6.42 Å². The molecule has 0 aromatic carbocycles. The molecule has 0 aliphatic carbocycles. The highest BCUT2D eigenvalue weighted by Crippen LogP contribution is 2.18. The number of hydrogen-bond donors (Lipinski definition) is 2. The third-order valence-electron chi connectivity index (χ3n) is 2.66. The van der Waals surface area contributed by atoms with E-state index in [1.807, 2.05) is 0 Å². The van der Waals surface area contributed by atoms with Crippen LogP contribution in [0.5, 0.6) is 0 Å². The average Bonchev–Trinajstić information content (AvgIpc) is 2.30. The van der Waals surface area contributed by atoms with Gasteiger partial charge in [0.05, 0.1) is 5.69 Å². The van der Waals surface area contributed by atoms with E-state index in [9.17, 15) is 0 Å². The molecule has 1 fully saturated rings. The predicted molar refractivity (Wildman–Crippen MR) is 52.9 cm³/mol. The van der Waals surface area contributed by atoms with E-state index in [0.717, 1.165) is 19.5 Å². The fraction of sp³-hybridized carbons (Fsp3) is 0.700. The van der Waals surface area contributed by atoms with Crippen LogP contribution < -0.4 is 5.32 Å². The number of aromatic amines is 1. The number of aromatic nitrogens is 2. The average molecular weight is 179 g/mol. The normalized spacial score (nSPS) is 17.4. The summed E-state index contributed by atoms with van der Waals surface area (Å²) in [4.78, 5) is 8.01. The van der Waals surface area contributed by atoms with Gasteiger partial charge in [-0.2, -0.15) is 0 Å². The standard InChI is InChI=1S/C10H17N3/c1-3-4-9-7(2)12-10(13-9)8-5-11-6-8/h8,11H,3-6H2,1-2H3,(H,12,13). The molecule has 0 saturated carbocycles. The van der Waals surface area contributed by atoms with Crippen molar-refractivity contribution < 1.29 is 0 Å². The molecule has 1 aliphatic rings. The SMILES string of the molecule is CCCc1nc(C2CNC2)[nH]c1C. The predicted octanol–water partition coefficient (Wildman–Crippen LogP) is 1.36. The van der Waals surface area contributed by atoms with Crippen molar-refractivity contribution in [1.29, 1.82) is 0 Å². The van der Waals surface area contributed by atoms with E-state index >= 15 is 0 Å². The lowest BCUT2D eigenvalue weighted by molar-refractivity contribution is 0.432. The minimum Gasteiger partial charge on any atom is -0.346 e. The Bertz CT molecular complexity index is 286. The third kappa shape index (κ3) is 1.61. The first kappa shape index (κ1) is 8.75. The van der Waals surface area contributed by atoms with Crippen molar-refractivity contribution in [3.8, 4) is 0 Å². The molecule has 0 spiro atoms. The van der Waals surface area contributed by atoms with Crippen LogP contribution in [0.1, 0.15) is 36.5 Å². The molecule has 2 N–H and O–H groups in total. The minimum atomic E-state index is 0.629. The van der Waals surface area contributed by atoms with Crippen molar-refractivity contribution in [2.45, 2.75) is 32.6 Å². The molecule has 2 rings (SSSR count). The maximum absolute atomic E-state index is 4.63. The summed E-state index contributed by atoms with van der Waals surface area (Å²) in [6.45, 7) is 6.48. The van der Waals surface area contributed by atoms with Gasteiger partial charge in [-0.25, -0.2) is 4.98 Å². The third-order valence-corrected chi connectivity index (χ3v) is 2.66. The Hall–Kier alpha value is -0.830. The summed E-state index contributed by atoms with van der Waals surface area (Å²) in [6, 6.07) is 0. The van der Waals surface area contributed by atoms with Gasteiger partial charge < -0.3 is 10.3 Å². The van der Waals surface area contributed by atoms with Crippen molar-refractivity contribution in [2.24, 2.45) is 0 Å². The van der Waals surface area contributed by atoms with Crippen LogP contribution in [-0.4, -0.2) is 23.1 Å². The van der Waals surface area contributed by atoms with E-state index in [1.54, 1.807) is 0 Å². The van der Waals surface area contributed by atoms with Crippen LogP contribution in [0.25, 0.3) is 0 Å². The summed E-state index contributed by atoms with van der Waals surface area (Å²) in [6.07, 6.45) is 2.27. The Morgan fingerprint density at radius 2 is 2.23 bits per heavy atom. The first-order valence-electron chi connectivity index (χ1n) is 5.07. The Balaban J connectivity index is 2.14. The summed E-state index contributed by atoms with van der Waals surface area (Å²) in [7, 11) is 0. The summed E-state index contributed by atoms with van der Waals surface area (Å²) in [5.41, 5.74) is 2.51. The van der Waals surface area contributed by atoms with Crippen LogP contribution >= 0.6 is 0 Å². The van der Waals surface area contributed by atoms with Crippen LogP contribution in [0.2, 0.25) is 0 Å². The van der Waals surface area contributed by atoms with Gasteiger partial charge in [-0.15, -0.1) is 0 Å². The van der Waals surface area contributed by atoms with Gasteiger partial charge in [0.25, 0.3) is 0 Å². The second kappa shape index (κ2) is 3.50. The maximum Gasteiger partial charge on any atom is 0.112 e. The van der Waals surface area contributed by atoms with Gasteiger partial charge in [-0.05, 0) is 13.3 Å². The Kier molecular flexibility index (Phi) is 2.36. The number of H-pyrrole nitrogens is 1. The lowest BCUT2D eigenvalue weighted by Gasteiger charge is -2.24. The molecule has 1 aromatic rings. The number of nitrogens with zero attached hydrogens (tertiary/aromatic N) is 1. The number of hydrogen-bond acceptors (Lipinski definition) is 2. The first-order chi connectivity index (χ1) is 6.31. The second-order valence-electron chi connectivity index (χ2n) is 3.80. The summed E-state index contributed by atoms with van der Waals surface area (Å²) < 4.78 is 0. The molecule has 72 valence electrons. The van der Waals surface area contributed by atoms with Crippen LogP contribution in [0.15, 0.2) is 0 Å². The smallest absolute Gasteiger partial charge is 0.112 e. The molecular formula is C10H17N3. The fourth-order valence-corrected chi connectivity index (χ4v) is 1.68. The molecule has 0 amide bonds. The van der Waals surface area contributed by atoms with E-state index in [1.165, 1.54) is 23.6 Å². The highest BCUT2D eigenvalue weighted by atomic mass is 15.0. The molecule has 3 nitrogen and oxygen atoms in total. The molecule has 0 unspecified atom stereocenters.